The minimum absolute atomic E-state index is 0.00826. The molecule has 0 atom stereocenters. The number of hydrogen-bond donors (Lipinski definition) is 0. The van der Waals surface area contributed by atoms with Gasteiger partial charge in [0.2, 0.25) is 0 Å². The zero-order valence-electron chi connectivity index (χ0n) is 15.7. The first-order valence-corrected chi connectivity index (χ1v) is 8.76. The zero-order valence-corrected chi connectivity index (χ0v) is 15.7. The Balaban J connectivity index is 1.55. The summed E-state index contributed by atoms with van der Waals surface area (Å²) in [4.78, 5) is 23.4. The van der Waals surface area contributed by atoms with Crippen molar-refractivity contribution in [2.75, 3.05) is 7.11 Å². The molecule has 142 valence electrons. The standard InChI is InChI=1S/C23H20O5/c1-16(24)18-5-3-17(4-6-18)15-23(25)28-22-13-11-21(12-14-22)27-20-9-7-19(26-2)8-10-20/h3-14H,15H2,1-2H3. The van der Waals surface area contributed by atoms with Crippen molar-refractivity contribution in [1.29, 1.82) is 0 Å². The van der Waals surface area contributed by atoms with Crippen LogP contribution in [0.2, 0.25) is 0 Å². The fourth-order valence-electron chi connectivity index (χ4n) is 2.55. The number of ether oxygens (including phenoxy) is 3. The molecule has 0 radical (unpaired) electrons. The van der Waals surface area contributed by atoms with Crippen molar-refractivity contribution in [2.24, 2.45) is 0 Å². The third-order valence-corrected chi connectivity index (χ3v) is 4.06. The molecule has 0 saturated carbocycles. The maximum Gasteiger partial charge on any atom is 0.315 e. The molecule has 3 aromatic rings. The van der Waals surface area contributed by atoms with Gasteiger partial charge < -0.3 is 14.2 Å². The molecule has 0 heterocycles. The molecular weight excluding hydrogens is 356 g/mol. The average molecular weight is 376 g/mol. The second-order valence-electron chi connectivity index (χ2n) is 6.15. The van der Waals surface area contributed by atoms with Crippen molar-refractivity contribution in [3.63, 3.8) is 0 Å². The summed E-state index contributed by atoms with van der Waals surface area (Å²) in [6.45, 7) is 1.51. The molecule has 0 fully saturated rings. The van der Waals surface area contributed by atoms with Crippen molar-refractivity contribution >= 4 is 11.8 Å². The number of methoxy groups -OCH3 is 1. The second-order valence-corrected chi connectivity index (χ2v) is 6.15. The molecule has 0 aliphatic heterocycles. The summed E-state index contributed by atoms with van der Waals surface area (Å²) in [5.74, 6) is 2.12. The SMILES string of the molecule is COc1ccc(Oc2ccc(OC(=O)Cc3ccc(C(C)=O)cc3)cc2)cc1. The minimum atomic E-state index is -0.376. The summed E-state index contributed by atoms with van der Waals surface area (Å²) in [6.07, 6.45) is 0.127. The summed E-state index contributed by atoms with van der Waals surface area (Å²) < 4.78 is 16.2. The Morgan fingerprint density at radius 1 is 0.714 bits per heavy atom. The van der Waals surface area contributed by atoms with Crippen LogP contribution in [-0.4, -0.2) is 18.9 Å². The van der Waals surface area contributed by atoms with Crippen LogP contribution >= 0.6 is 0 Å². The number of hydrogen-bond acceptors (Lipinski definition) is 5. The van der Waals surface area contributed by atoms with E-state index < -0.39 is 0 Å². The first-order valence-electron chi connectivity index (χ1n) is 8.76. The van der Waals surface area contributed by atoms with E-state index in [-0.39, 0.29) is 18.2 Å². The Hall–Kier alpha value is -3.60. The Morgan fingerprint density at radius 3 is 1.71 bits per heavy atom. The Morgan fingerprint density at radius 2 is 1.21 bits per heavy atom. The van der Waals surface area contributed by atoms with Gasteiger partial charge in [0.25, 0.3) is 0 Å². The molecule has 3 rings (SSSR count). The molecular formula is C23H20O5. The highest BCUT2D eigenvalue weighted by Crippen LogP contribution is 2.25. The molecule has 0 aliphatic rings. The lowest BCUT2D eigenvalue weighted by molar-refractivity contribution is -0.133. The van der Waals surface area contributed by atoms with Gasteiger partial charge in [-0.25, -0.2) is 0 Å². The number of rotatable bonds is 7. The van der Waals surface area contributed by atoms with E-state index >= 15 is 0 Å². The highest BCUT2D eigenvalue weighted by molar-refractivity contribution is 5.94. The highest BCUT2D eigenvalue weighted by atomic mass is 16.5. The largest absolute Gasteiger partial charge is 0.497 e. The predicted molar refractivity (Wildman–Crippen MR) is 105 cm³/mol. The van der Waals surface area contributed by atoms with E-state index in [2.05, 4.69) is 0 Å². The maximum absolute atomic E-state index is 12.1. The highest BCUT2D eigenvalue weighted by Gasteiger charge is 2.08. The van der Waals surface area contributed by atoms with E-state index in [0.29, 0.717) is 22.8 Å². The molecule has 3 aromatic carbocycles. The van der Waals surface area contributed by atoms with Gasteiger partial charge in [0, 0.05) is 5.56 Å². The lowest BCUT2D eigenvalue weighted by Crippen LogP contribution is -2.11. The fraction of sp³-hybridized carbons (Fsp3) is 0.130. The summed E-state index contributed by atoms with van der Waals surface area (Å²) in [6, 6.07) is 21.0. The Bertz CT molecular complexity index is 942. The van der Waals surface area contributed by atoms with Crippen LogP contribution in [0.15, 0.2) is 72.8 Å². The predicted octanol–water partition coefficient (Wildman–Crippen LogP) is 4.84. The van der Waals surface area contributed by atoms with E-state index in [1.807, 2.05) is 24.3 Å². The minimum Gasteiger partial charge on any atom is -0.497 e. The van der Waals surface area contributed by atoms with Crippen LogP contribution in [0.25, 0.3) is 0 Å². The topological polar surface area (TPSA) is 61.8 Å². The van der Waals surface area contributed by atoms with Crippen LogP contribution < -0.4 is 14.2 Å². The third kappa shape index (κ3) is 5.20. The quantitative estimate of drug-likeness (QED) is 0.335. The maximum atomic E-state index is 12.1. The Kier molecular flexibility index (Phi) is 6.07. The lowest BCUT2D eigenvalue weighted by atomic mass is 10.1. The van der Waals surface area contributed by atoms with E-state index in [0.717, 1.165) is 11.3 Å². The molecule has 0 aliphatic carbocycles. The van der Waals surface area contributed by atoms with Crippen LogP contribution in [-0.2, 0) is 11.2 Å². The average Bonchev–Trinajstić information content (AvgIpc) is 2.70. The third-order valence-electron chi connectivity index (χ3n) is 4.06. The van der Waals surface area contributed by atoms with E-state index in [1.165, 1.54) is 6.92 Å². The van der Waals surface area contributed by atoms with Gasteiger partial charge in [0.15, 0.2) is 5.78 Å². The first kappa shape index (κ1) is 19.2. The monoisotopic (exact) mass is 376 g/mol. The van der Waals surface area contributed by atoms with Crippen LogP contribution in [0, 0.1) is 0 Å². The molecule has 0 unspecified atom stereocenters. The van der Waals surface area contributed by atoms with Gasteiger partial charge in [0.1, 0.15) is 23.0 Å². The second kappa shape index (κ2) is 8.86. The molecule has 0 aromatic heterocycles. The number of Topliss-reactive ketones (excluding diaryl/α,β-unsaturated/α-hetero) is 1. The number of benzene rings is 3. The number of esters is 1. The van der Waals surface area contributed by atoms with Crippen molar-refractivity contribution in [3.05, 3.63) is 83.9 Å². The van der Waals surface area contributed by atoms with Gasteiger partial charge >= 0.3 is 5.97 Å². The van der Waals surface area contributed by atoms with Gasteiger partial charge in [-0.3, -0.25) is 9.59 Å². The van der Waals surface area contributed by atoms with Crippen molar-refractivity contribution in [2.45, 2.75) is 13.3 Å². The van der Waals surface area contributed by atoms with E-state index in [1.54, 1.807) is 55.6 Å². The normalized spacial score (nSPS) is 10.2. The van der Waals surface area contributed by atoms with Crippen LogP contribution in [0.3, 0.4) is 0 Å². The van der Waals surface area contributed by atoms with Crippen LogP contribution in [0.1, 0.15) is 22.8 Å². The zero-order chi connectivity index (χ0) is 19.9. The Labute approximate surface area is 163 Å². The molecule has 0 amide bonds. The van der Waals surface area contributed by atoms with Gasteiger partial charge in [-0.05, 0) is 61.0 Å². The number of ketones is 1. The summed E-state index contributed by atoms with van der Waals surface area (Å²) in [5, 5.41) is 0. The van der Waals surface area contributed by atoms with Crippen molar-refractivity contribution in [1.82, 2.24) is 0 Å². The number of carbonyl (C=O) groups excluding carboxylic acids is 2. The number of carbonyl (C=O) groups is 2. The van der Waals surface area contributed by atoms with Gasteiger partial charge in [-0.2, -0.15) is 0 Å². The summed E-state index contributed by atoms with van der Waals surface area (Å²) in [5.41, 5.74) is 1.40. The lowest BCUT2D eigenvalue weighted by Gasteiger charge is -2.08. The van der Waals surface area contributed by atoms with Gasteiger partial charge in [0.05, 0.1) is 13.5 Å². The first-order chi connectivity index (χ1) is 13.5. The van der Waals surface area contributed by atoms with E-state index in [4.69, 9.17) is 14.2 Å². The van der Waals surface area contributed by atoms with Gasteiger partial charge in [-0.15, -0.1) is 0 Å². The van der Waals surface area contributed by atoms with Crippen LogP contribution in [0.5, 0.6) is 23.0 Å². The molecule has 0 bridgehead atoms. The molecule has 0 spiro atoms. The molecule has 5 heteroatoms. The van der Waals surface area contributed by atoms with Crippen molar-refractivity contribution < 1.29 is 23.8 Å². The smallest absolute Gasteiger partial charge is 0.315 e. The molecule has 0 saturated heterocycles. The summed E-state index contributed by atoms with van der Waals surface area (Å²) in [7, 11) is 1.61. The molecule has 0 N–H and O–H groups in total. The fourth-order valence-corrected chi connectivity index (χ4v) is 2.55. The van der Waals surface area contributed by atoms with Gasteiger partial charge in [-0.1, -0.05) is 24.3 Å². The molecule has 5 nitrogen and oxygen atoms in total. The van der Waals surface area contributed by atoms with Crippen molar-refractivity contribution in [3.8, 4) is 23.0 Å². The van der Waals surface area contributed by atoms with E-state index in [9.17, 15) is 9.59 Å². The molecule has 28 heavy (non-hydrogen) atoms. The summed E-state index contributed by atoms with van der Waals surface area (Å²) >= 11 is 0. The van der Waals surface area contributed by atoms with Crippen LogP contribution in [0.4, 0.5) is 0 Å².